The quantitative estimate of drug-likeness (QED) is 0.404. The maximum atomic E-state index is 3.78. The fourth-order valence-electron chi connectivity index (χ4n) is 0.748. The molecular weight excluding hydrogens is 110 g/mol. The lowest BCUT2D eigenvalue weighted by Crippen LogP contribution is -1.84. The molecule has 0 unspecified atom stereocenters. The van der Waals surface area contributed by atoms with E-state index in [1.54, 1.807) is 0 Å². The van der Waals surface area contributed by atoms with Crippen LogP contribution >= 0.6 is 0 Å². The number of aliphatic imine (C=N–C) groups is 1. The molecule has 0 aliphatic heterocycles. The Labute approximate surface area is 57.5 Å². The molecule has 0 bridgehead atoms. The lowest BCUT2D eigenvalue weighted by Gasteiger charge is -1.97. The fraction of sp³-hybridized carbons (Fsp3) is 0.625. The Bertz CT molecular complexity index is 103. The van der Waals surface area contributed by atoms with E-state index in [1.165, 1.54) is 5.57 Å². The van der Waals surface area contributed by atoms with Gasteiger partial charge in [-0.15, -0.1) is 0 Å². The number of hydrogen-bond acceptors (Lipinski definition) is 1. The molecule has 0 atom stereocenters. The van der Waals surface area contributed by atoms with E-state index in [4.69, 9.17) is 0 Å². The third kappa shape index (κ3) is 3.95. The van der Waals surface area contributed by atoms with Crippen LogP contribution in [0, 0.1) is 0 Å². The van der Waals surface area contributed by atoms with E-state index in [0.717, 1.165) is 19.4 Å². The van der Waals surface area contributed by atoms with Crippen molar-refractivity contribution < 1.29 is 0 Å². The highest BCUT2D eigenvalue weighted by atomic mass is 14.7. The Hall–Kier alpha value is -0.590. The molecule has 0 aliphatic rings. The second-order valence-electron chi connectivity index (χ2n) is 2.00. The summed E-state index contributed by atoms with van der Waals surface area (Å²) in [6.45, 7) is 8.53. The van der Waals surface area contributed by atoms with Crippen LogP contribution in [0.15, 0.2) is 16.6 Å². The highest BCUT2D eigenvalue weighted by molar-refractivity contribution is 5.23. The van der Waals surface area contributed by atoms with Gasteiger partial charge < -0.3 is 4.99 Å². The molecule has 0 saturated carbocycles. The molecule has 1 nitrogen and oxygen atoms in total. The molecule has 0 N–H and O–H groups in total. The van der Waals surface area contributed by atoms with Gasteiger partial charge in [-0.3, -0.25) is 0 Å². The first-order valence-electron chi connectivity index (χ1n) is 3.41. The fourth-order valence-corrected chi connectivity index (χ4v) is 0.748. The zero-order chi connectivity index (χ0) is 7.11. The lowest BCUT2D eigenvalue weighted by molar-refractivity contribution is 0.896. The molecule has 0 radical (unpaired) electrons. The van der Waals surface area contributed by atoms with Crippen LogP contribution in [-0.2, 0) is 0 Å². The molecule has 0 rings (SSSR count). The Morgan fingerprint density at radius 1 is 1.67 bits per heavy atom. The number of nitrogens with zero attached hydrogens (tertiary/aromatic N) is 1. The Balaban J connectivity index is 3.44. The van der Waals surface area contributed by atoms with Crippen LogP contribution in [0.25, 0.3) is 0 Å². The average Bonchev–Trinajstić information content (AvgIpc) is 1.91. The Morgan fingerprint density at radius 3 is 2.67 bits per heavy atom. The predicted molar refractivity (Wildman–Crippen MR) is 43.1 cm³/mol. The molecule has 0 aromatic carbocycles. The second-order valence-corrected chi connectivity index (χ2v) is 2.00. The number of rotatable bonds is 4. The minimum atomic E-state index is 0.869. The van der Waals surface area contributed by atoms with E-state index in [1.807, 2.05) is 0 Å². The topological polar surface area (TPSA) is 12.4 Å². The summed E-state index contributed by atoms with van der Waals surface area (Å²) < 4.78 is 0. The van der Waals surface area contributed by atoms with E-state index >= 15 is 0 Å². The molecule has 1 heteroatoms. The van der Waals surface area contributed by atoms with Gasteiger partial charge in [0.1, 0.15) is 0 Å². The summed E-state index contributed by atoms with van der Waals surface area (Å²) in [6.07, 6.45) is 4.38. The summed E-state index contributed by atoms with van der Waals surface area (Å²) in [4.78, 5) is 3.78. The van der Waals surface area contributed by atoms with Crippen LogP contribution in [0.5, 0.6) is 0 Å². The Morgan fingerprint density at radius 2 is 2.33 bits per heavy atom. The van der Waals surface area contributed by atoms with Crippen LogP contribution in [0.4, 0.5) is 0 Å². The Kier molecular flexibility index (Phi) is 5.18. The van der Waals surface area contributed by atoms with E-state index in [-0.39, 0.29) is 0 Å². The van der Waals surface area contributed by atoms with Gasteiger partial charge in [-0.05, 0) is 26.5 Å². The molecule has 0 heterocycles. The van der Waals surface area contributed by atoms with Crippen LogP contribution in [0.2, 0.25) is 0 Å². The van der Waals surface area contributed by atoms with Gasteiger partial charge in [-0.2, -0.15) is 0 Å². The van der Waals surface area contributed by atoms with E-state index < -0.39 is 0 Å². The van der Waals surface area contributed by atoms with Crippen molar-refractivity contribution in [2.45, 2.75) is 26.7 Å². The van der Waals surface area contributed by atoms with Crippen molar-refractivity contribution in [2.24, 2.45) is 4.99 Å². The summed E-state index contributed by atoms with van der Waals surface area (Å²) >= 11 is 0. The van der Waals surface area contributed by atoms with Crippen LogP contribution in [0.1, 0.15) is 26.7 Å². The summed E-state index contributed by atoms with van der Waals surface area (Å²) in [5.74, 6) is 0. The van der Waals surface area contributed by atoms with Gasteiger partial charge in [0.15, 0.2) is 0 Å². The zero-order valence-corrected chi connectivity index (χ0v) is 6.35. The lowest BCUT2D eigenvalue weighted by atomic mass is 10.1. The van der Waals surface area contributed by atoms with Gasteiger partial charge in [-0.1, -0.05) is 18.6 Å². The normalized spacial score (nSPS) is 11.6. The molecule has 0 aliphatic carbocycles. The molecule has 52 valence electrons. The third-order valence-electron chi connectivity index (χ3n) is 1.45. The molecular formula is C8H15N. The van der Waals surface area contributed by atoms with Crippen molar-refractivity contribution >= 4 is 6.72 Å². The van der Waals surface area contributed by atoms with Crippen LogP contribution in [0.3, 0.4) is 0 Å². The van der Waals surface area contributed by atoms with Gasteiger partial charge in [0.2, 0.25) is 0 Å². The monoisotopic (exact) mass is 125 g/mol. The predicted octanol–water partition coefficient (Wildman–Crippen LogP) is 2.43. The molecule has 0 spiro atoms. The summed E-state index contributed by atoms with van der Waals surface area (Å²) in [7, 11) is 0. The second kappa shape index (κ2) is 5.54. The van der Waals surface area contributed by atoms with Crippen molar-refractivity contribution in [3.05, 3.63) is 11.6 Å². The van der Waals surface area contributed by atoms with Gasteiger partial charge in [0, 0.05) is 6.54 Å². The van der Waals surface area contributed by atoms with E-state index in [2.05, 4.69) is 31.6 Å². The van der Waals surface area contributed by atoms with Crippen molar-refractivity contribution in [1.82, 2.24) is 0 Å². The maximum absolute atomic E-state index is 3.78. The average molecular weight is 125 g/mol. The first-order valence-corrected chi connectivity index (χ1v) is 3.41. The van der Waals surface area contributed by atoms with Gasteiger partial charge in [-0.25, -0.2) is 0 Å². The van der Waals surface area contributed by atoms with E-state index in [0.29, 0.717) is 0 Å². The molecule has 0 amide bonds. The smallest absolute Gasteiger partial charge is 0.0419 e. The van der Waals surface area contributed by atoms with E-state index in [9.17, 15) is 0 Å². The number of hydrogen-bond donors (Lipinski definition) is 0. The molecule has 0 fully saturated rings. The summed E-state index contributed by atoms with van der Waals surface area (Å²) in [6, 6.07) is 0. The summed E-state index contributed by atoms with van der Waals surface area (Å²) in [5, 5.41) is 0. The standard InChI is InChI=1S/C8H15N/c1-4-8(5-2)6-7-9-3/h4H,3,5-7H2,1-2H3/b8-4-. The van der Waals surface area contributed by atoms with Gasteiger partial charge in [0.05, 0.1) is 0 Å². The minimum Gasteiger partial charge on any atom is -0.301 e. The van der Waals surface area contributed by atoms with Gasteiger partial charge in [0.25, 0.3) is 0 Å². The maximum Gasteiger partial charge on any atom is 0.0419 e. The third-order valence-corrected chi connectivity index (χ3v) is 1.45. The molecule has 0 aromatic heterocycles. The highest BCUT2D eigenvalue weighted by Crippen LogP contribution is 2.04. The summed E-state index contributed by atoms with van der Waals surface area (Å²) in [5.41, 5.74) is 1.47. The molecule has 9 heavy (non-hydrogen) atoms. The highest BCUT2D eigenvalue weighted by Gasteiger charge is 1.88. The first kappa shape index (κ1) is 8.41. The van der Waals surface area contributed by atoms with Gasteiger partial charge >= 0.3 is 0 Å². The zero-order valence-electron chi connectivity index (χ0n) is 6.35. The van der Waals surface area contributed by atoms with Crippen LogP contribution < -0.4 is 0 Å². The molecule has 0 saturated heterocycles. The van der Waals surface area contributed by atoms with Crippen LogP contribution in [-0.4, -0.2) is 13.3 Å². The van der Waals surface area contributed by atoms with Crippen molar-refractivity contribution in [3.63, 3.8) is 0 Å². The first-order chi connectivity index (χ1) is 4.35. The largest absolute Gasteiger partial charge is 0.301 e. The molecule has 0 aromatic rings. The minimum absolute atomic E-state index is 0.869. The van der Waals surface area contributed by atoms with Crippen molar-refractivity contribution in [2.75, 3.05) is 6.54 Å². The van der Waals surface area contributed by atoms with Crippen molar-refractivity contribution in [3.8, 4) is 0 Å². The number of allylic oxidation sites excluding steroid dienone is 1. The van der Waals surface area contributed by atoms with Crippen molar-refractivity contribution in [1.29, 1.82) is 0 Å². The SMILES string of the molecule is C=NCC/C(=C\C)CC.